The number of carbonyl (C=O) groups excluding carboxylic acids is 1. The van der Waals surface area contributed by atoms with Crippen molar-refractivity contribution >= 4 is 16.7 Å². The summed E-state index contributed by atoms with van der Waals surface area (Å²) in [5.74, 6) is -2.25. The largest absolute Gasteiger partial charge is 0.508 e. The van der Waals surface area contributed by atoms with E-state index in [0.29, 0.717) is 10.9 Å². The van der Waals surface area contributed by atoms with E-state index in [1.165, 1.54) is 6.07 Å². The Morgan fingerprint density at radius 1 is 0.920 bits per heavy atom. The topological polar surface area (TPSA) is 49.3 Å². The summed E-state index contributed by atoms with van der Waals surface area (Å²) >= 11 is 0. The molecule has 0 aromatic heterocycles. The monoisotopic (exact) mass is 345 g/mol. The third-order valence-electron chi connectivity index (χ3n) is 3.90. The number of hydrogen-bond donors (Lipinski definition) is 2. The molecule has 0 radical (unpaired) electrons. The van der Waals surface area contributed by atoms with Crippen molar-refractivity contribution in [2.75, 3.05) is 0 Å². The Hall–Kier alpha value is -3.02. The molecule has 0 bridgehead atoms. The number of nitrogens with one attached hydrogen (secondary N) is 1. The molecule has 1 amide bonds. The summed E-state index contributed by atoms with van der Waals surface area (Å²) in [7, 11) is 0. The van der Waals surface area contributed by atoms with Gasteiger partial charge in [0.05, 0.1) is 6.04 Å². The molecule has 0 aliphatic carbocycles. The highest BCUT2D eigenvalue weighted by Gasteiger charge is 2.40. The number of hydrogen-bond acceptors (Lipinski definition) is 2. The fourth-order valence-electron chi connectivity index (χ4n) is 2.77. The van der Waals surface area contributed by atoms with Gasteiger partial charge in [-0.25, -0.2) is 0 Å². The molecule has 3 nitrogen and oxygen atoms in total. The number of alkyl halides is 3. The van der Waals surface area contributed by atoms with Crippen LogP contribution in [0.2, 0.25) is 0 Å². The van der Waals surface area contributed by atoms with E-state index in [2.05, 4.69) is 0 Å². The average molecular weight is 345 g/mol. The number of halogens is 3. The zero-order valence-corrected chi connectivity index (χ0v) is 12.9. The lowest BCUT2D eigenvalue weighted by atomic mass is 9.92. The van der Waals surface area contributed by atoms with Gasteiger partial charge in [0.2, 0.25) is 0 Å². The van der Waals surface area contributed by atoms with Crippen LogP contribution >= 0.6 is 0 Å². The molecule has 0 spiro atoms. The van der Waals surface area contributed by atoms with Crippen LogP contribution < -0.4 is 5.32 Å². The highest BCUT2D eigenvalue weighted by Crippen LogP contribution is 2.36. The Morgan fingerprint density at radius 3 is 2.24 bits per heavy atom. The highest BCUT2D eigenvalue weighted by molar-refractivity contribution is 5.90. The SMILES string of the molecule is O=C(NC(c1ccccc1)c1c(O)ccc2ccccc12)C(F)(F)F. The van der Waals surface area contributed by atoms with Gasteiger partial charge in [-0.1, -0.05) is 60.7 Å². The van der Waals surface area contributed by atoms with Gasteiger partial charge >= 0.3 is 12.1 Å². The summed E-state index contributed by atoms with van der Waals surface area (Å²) in [6.45, 7) is 0. The maximum atomic E-state index is 12.8. The molecule has 0 aliphatic heterocycles. The summed E-state index contributed by atoms with van der Waals surface area (Å²) in [6, 6.07) is 17.2. The van der Waals surface area contributed by atoms with Crippen molar-refractivity contribution in [1.29, 1.82) is 0 Å². The Balaban J connectivity index is 2.19. The third kappa shape index (κ3) is 3.42. The lowest BCUT2D eigenvalue weighted by molar-refractivity contribution is -0.174. The molecule has 0 saturated heterocycles. The molecule has 0 saturated carbocycles. The summed E-state index contributed by atoms with van der Waals surface area (Å²) in [6.07, 6.45) is -5.02. The van der Waals surface area contributed by atoms with Crippen molar-refractivity contribution in [3.8, 4) is 5.75 Å². The average Bonchev–Trinajstić information content (AvgIpc) is 2.60. The first-order chi connectivity index (χ1) is 11.9. The van der Waals surface area contributed by atoms with Crippen LogP contribution in [-0.4, -0.2) is 17.2 Å². The number of phenolic OH excluding ortho intramolecular Hbond substituents is 1. The molecular formula is C19H14F3NO2. The summed E-state index contributed by atoms with van der Waals surface area (Å²) in [4.78, 5) is 11.6. The minimum absolute atomic E-state index is 0.185. The molecule has 3 aromatic carbocycles. The van der Waals surface area contributed by atoms with Crippen molar-refractivity contribution in [2.45, 2.75) is 12.2 Å². The van der Waals surface area contributed by atoms with E-state index in [1.54, 1.807) is 60.7 Å². The van der Waals surface area contributed by atoms with E-state index in [1.807, 2.05) is 5.32 Å². The Labute approximate surface area is 141 Å². The maximum Gasteiger partial charge on any atom is 0.471 e. The lowest BCUT2D eigenvalue weighted by Gasteiger charge is -2.23. The fraction of sp³-hybridized carbons (Fsp3) is 0.105. The molecule has 0 heterocycles. The molecule has 6 heteroatoms. The van der Waals surface area contributed by atoms with E-state index in [-0.39, 0.29) is 11.3 Å². The molecule has 0 fully saturated rings. The van der Waals surface area contributed by atoms with Crippen LogP contribution in [0.5, 0.6) is 5.75 Å². The first kappa shape index (κ1) is 16.8. The van der Waals surface area contributed by atoms with Crippen molar-refractivity contribution in [3.63, 3.8) is 0 Å². The number of benzene rings is 3. The predicted octanol–water partition coefficient (Wildman–Crippen LogP) is 4.31. The van der Waals surface area contributed by atoms with Gasteiger partial charge < -0.3 is 10.4 Å². The van der Waals surface area contributed by atoms with Gasteiger partial charge in [-0.15, -0.1) is 0 Å². The predicted molar refractivity (Wildman–Crippen MR) is 88.1 cm³/mol. The quantitative estimate of drug-likeness (QED) is 0.743. The van der Waals surface area contributed by atoms with Gasteiger partial charge in [-0.3, -0.25) is 4.79 Å². The normalized spacial score (nSPS) is 12.8. The van der Waals surface area contributed by atoms with Crippen LogP contribution in [0.3, 0.4) is 0 Å². The van der Waals surface area contributed by atoms with Gasteiger partial charge in [0.1, 0.15) is 5.75 Å². The maximum absolute atomic E-state index is 12.8. The second-order valence-electron chi connectivity index (χ2n) is 5.53. The van der Waals surface area contributed by atoms with Crippen molar-refractivity contribution < 1.29 is 23.1 Å². The van der Waals surface area contributed by atoms with E-state index in [9.17, 15) is 23.1 Å². The van der Waals surface area contributed by atoms with Crippen LogP contribution in [0.4, 0.5) is 13.2 Å². The van der Waals surface area contributed by atoms with Gasteiger partial charge in [0.15, 0.2) is 0 Å². The first-order valence-electron chi connectivity index (χ1n) is 7.51. The van der Waals surface area contributed by atoms with E-state index in [0.717, 1.165) is 5.39 Å². The second-order valence-corrected chi connectivity index (χ2v) is 5.53. The summed E-state index contributed by atoms with van der Waals surface area (Å²) in [5.41, 5.74) is 0.661. The van der Waals surface area contributed by atoms with Gasteiger partial charge in [-0.05, 0) is 22.4 Å². The number of amides is 1. The zero-order chi connectivity index (χ0) is 18.0. The smallest absolute Gasteiger partial charge is 0.471 e. The number of rotatable bonds is 3. The Bertz CT molecular complexity index is 907. The first-order valence-corrected chi connectivity index (χ1v) is 7.51. The van der Waals surface area contributed by atoms with E-state index >= 15 is 0 Å². The second kappa shape index (κ2) is 6.47. The lowest BCUT2D eigenvalue weighted by Crippen LogP contribution is -2.39. The number of aromatic hydroxyl groups is 1. The third-order valence-corrected chi connectivity index (χ3v) is 3.90. The fourth-order valence-corrected chi connectivity index (χ4v) is 2.77. The van der Waals surface area contributed by atoms with Crippen LogP contribution in [-0.2, 0) is 4.79 Å². The van der Waals surface area contributed by atoms with E-state index < -0.39 is 18.1 Å². The highest BCUT2D eigenvalue weighted by atomic mass is 19.4. The van der Waals surface area contributed by atoms with E-state index in [4.69, 9.17) is 0 Å². The number of carbonyl (C=O) groups is 1. The van der Waals surface area contributed by atoms with Crippen molar-refractivity contribution in [2.24, 2.45) is 0 Å². The van der Waals surface area contributed by atoms with Crippen molar-refractivity contribution in [1.82, 2.24) is 5.32 Å². The molecule has 0 aliphatic rings. The molecule has 128 valence electrons. The van der Waals surface area contributed by atoms with Gasteiger partial charge in [-0.2, -0.15) is 13.2 Å². The summed E-state index contributed by atoms with van der Waals surface area (Å²) in [5, 5.41) is 13.6. The van der Waals surface area contributed by atoms with Crippen LogP contribution in [0.1, 0.15) is 17.2 Å². The molecule has 25 heavy (non-hydrogen) atoms. The molecule has 2 N–H and O–H groups in total. The number of fused-ring (bicyclic) bond motifs is 1. The van der Waals surface area contributed by atoms with Crippen LogP contribution in [0, 0.1) is 0 Å². The zero-order valence-electron chi connectivity index (χ0n) is 12.9. The minimum Gasteiger partial charge on any atom is -0.508 e. The van der Waals surface area contributed by atoms with Crippen LogP contribution in [0.25, 0.3) is 10.8 Å². The minimum atomic E-state index is -5.02. The van der Waals surface area contributed by atoms with Gasteiger partial charge in [0, 0.05) is 5.56 Å². The Kier molecular flexibility index (Phi) is 4.35. The Morgan fingerprint density at radius 2 is 1.56 bits per heavy atom. The van der Waals surface area contributed by atoms with Crippen molar-refractivity contribution in [3.05, 3.63) is 77.9 Å². The van der Waals surface area contributed by atoms with Crippen LogP contribution in [0.15, 0.2) is 66.7 Å². The molecule has 1 unspecified atom stereocenters. The summed E-state index contributed by atoms with van der Waals surface area (Å²) < 4.78 is 38.3. The van der Waals surface area contributed by atoms with Gasteiger partial charge in [0.25, 0.3) is 0 Å². The molecule has 3 rings (SSSR count). The standard InChI is InChI=1S/C19H14F3NO2/c20-19(21,22)18(25)23-17(13-7-2-1-3-8-13)16-14-9-5-4-6-12(14)10-11-15(16)24/h1-11,17,24H,(H,23,25). The molecular weight excluding hydrogens is 331 g/mol. The number of phenols is 1. The molecule has 1 atom stereocenters. The molecule has 3 aromatic rings.